The van der Waals surface area contributed by atoms with Crippen LogP contribution in [0.5, 0.6) is 0 Å². The van der Waals surface area contributed by atoms with Gasteiger partial charge in [0, 0.05) is 20.1 Å². The second-order valence-corrected chi connectivity index (χ2v) is 4.12. The van der Waals surface area contributed by atoms with E-state index < -0.39 is 0 Å². The summed E-state index contributed by atoms with van der Waals surface area (Å²) in [5, 5.41) is 7.57. The summed E-state index contributed by atoms with van der Waals surface area (Å²) in [6, 6.07) is 8.54. The van der Waals surface area contributed by atoms with Crippen molar-refractivity contribution >= 4 is 0 Å². The molecule has 2 heterocycles. The predicted octanol–water partition coefficient (Wildman–Crippen LogP) is 1.05. The second-order valence-electron chi connectivity index (χ2n) is 4.12. The van der Waals surface area contributed by atoms with E-state index in [0.29, 0.717) is 5.92 Å². The molecule has 1 atom stereocenters. The zero-order valence-electron chi connectivity index (χ0n) is 9.22. The Kier molecular flexibility index (Phi) is 2.22. The minimum atomic E-state index is 0.317. The molecule has 4 heteroatoms. The molecule has 0 fully saturated rings. The number of fused-ring (bicyclic) bond motifs is 1. The average Bonchev–Trinajstić information content (AvgIpc) is 2.75. The Morgan fingerprint density at radius 3 is 3.06 bits per heavy atom. The van der Waals surface area contributed by atoms with E-state index in [1.807, 2.05) is 11.7 Å². The molecular formula is C12H14N4. The van der Waals surface area contributed by atoms with Crippen LogP contribution < -0.4 is 5.32 Å². The van der Waals surface area contributed by atoms with Gasteiger partial charge in [-0.05, 0) is 11.1 Å². The molecule has 1 unspecified atom stereocenters. The van der Waals surface area contributed by atoms with Gasteiger partial charge in [-0.2, -0.15) is 5.10 Å². The summed E-state index contributed by atoms with van der Waals surface area (Å²) in [6.45, 7) is 1.88. The number of benzene rings is 1. The third-order valence-electron chi connectivity index (χ3n) is 3.15. The number of rotatable bonds is 1. The lowest BCUT2D eigenvalue weighted by molar-refractivity contribution is 0.548. The Morgan fingerprint density at radius 1 is 1.38 bits per heavy atom. The monoisotopic (exact) mass is 214 g/mol. The predicted molar refractivity (Wildman–Crippen MR) is 61.0 cm³/mol. The first-order valence-corrected chi connectivity index (χ1v) is 5.48. The number of nitrogens with zero attached hydrogens (tertiary/aromatic N) is 3. The van der Waals surface area contributed by atoms with Gasteiger partial charge in [-0.1, -0.05) is 24.3 Å². The van der Waals surface area contributed by atoms with E-state index in [4.69, 9.17) is 0 Å². The fraction of sp³-hybridized carbons (Fsp3) is 0.333. The molecule has 2 aromatic rings. The van der Waals surface area contributed by atoms with Crippen LogP contribution in [-0.4, -0.2) is 21.3 Å². The number of hydrogen-bond donors (Lipinski definition) is 1. The molecule has 0 amide bonds. The zero-order valence-corrected chi connectivity index (χ0v) is 9.22. The summed E-state index contributed by atoms with van der Waals surface area (Å²) in [4.78, 5) is 4.35. The maximum atomic E-state index is 4.35. The van der Waals surface area contributed by atoms with Crippen LogP contribution in [0.15, 0.2) is 30.6 Å². The largest absolute Gasteiger partial charge is 0.312 e. The van der Waals surface area contributed by atoms with E-state index in [2.05, 4.69) is 39.7 Å². The van der Waals surface area contributed by atoms with Gasteiger partial charge in [-0.15, -0.1) is 0 Å². The van der Waals surface area contributed by atoms with Crippen LogP contribution in [0.3, 0.4) is 0 Å². The van der Waals surface area contributed by atoms with E-state index >= 15 is 0 Å². The average molecular weight is 214 g/mol. The zero-order chi connectivity index (χ0) is 11.0. The molecule has 1 N–H and O–H groups in total. The molecule has 0 aliphatic carbocycles. The number of hydrogen-bond acceptors (Lipinski definition) is 3. The summed E-state index contributed by atoms with van der Waals surface area (Å²) in [7, 11) is 1.94. The number of aryl methyl sites for hydroxylation is 1. The van der Waals surface area contributed by atoms with Crippen molar-refractivity contribution < 1.29 is 0 Å². The molecule has 0 radical (unpaired) electrons. The normalized spacial score (nSPS) is 19.4. The summed E-state index contributed by atoms with van der Waals surface area (Å²) in [5.41, 5.74) is 2.74. The van der Waals surface area contributed by atoms with Crippen LogP contribution in [0.25, 0.3) is 0 Å². The Morgan fingerprint density at radius 2 is 2.25 bits per heavy atom. The number of nitrogens with one attached hydrogen (secondary N) is 1. The molecule has 82 valence electrons. The lowest BCUT2D eigenvalue weighted by Gasteiger charge is -2.25. The minimum absolute atomic E-state index is 0.317. The van der Waals surface area contributed by atoms with E-state index in [-0.39, 0.29) is 0 Å². The van der Waals surface area contributed by atoms with Gasteiger partial charge < -0.3 is 5.32 Å². The molecular weight excluding hydrogens is 200 g/mol. The quantitative estimate of drug-likeness (QED) is 0.771. The summed E-state index contributed by atoms with van der Waals surface area (Å²) in [5.74, 6) is 1.34. The highest BCUT2D eigenvalue weighted by molar-refractivity contribution is 5.36. The van der Waals surface area contributed by atoms with Gasteiger partial charge in [0.2, 0.25) is 0 Å². The van der Waals surface area contributed by atoms with Crippen molar-refractivity contribution in [2.24, 2.45) is 7.05 Å². The molecule has 3 rings (SSSR count). The maximum absolute atomic E-state index is 4.35. The summed E-state index contributed by atoms with van der Waals surface area (Å²) < 4.78 is 1.86. The third kappa shape index (κ3) is 1.42. The van der Waals surface area contributed by atoms with Crippen LogP contribution in [0.2, 0.25) is 0 Å². The first-order chi connectivity index (χ1) is 7.86. The van der Waals surface area contributed by atoms with Crippen LogP contribution in [0.4, 0.5) is 0 Å². The Hall–Kier alpha value is -1.68. The standard InChI is InChI=1S/C12H14N4/c1-16-12(14-8-15-16)11-7-13-6-9-4-2-3-5-10(9)11/h2-5,8,11,13H,6-7H2,1H3. The highest BCUT2D eigenvalue weighted by Gasteiger charge is 2.24. The molecule has 16 heavy (non-hydrogen) atoms. The molecule has 4 nitrogen and oxygen atoms in total. The van der Waals surface area contributed by atoms with Gasteiger partial charge in [-0.3, -0.25) is 4.68 Å². The first kappa shape index (κ1) is 9.54. The molecule has 1 aliphatic rings. The van der Waals surface area contributed by atoms with Crippen molar-refractivity contribution in [2.75, 3.05) is 6.54 Å². The van der Waals surface area contributed by atoms with E-state index in [9.17, 15) is 0 Å². The van der Waals surface area contributed by atoms with Crippen LogP contribution in [0.1, 0.15) is 22.9 Å². The molecule has 1 aliphatic heterocycles. The van der Waals surface area contributed by atoms with Crippen LogP contribution in [0, 0.1) is 0 Å². The van der Waals surface area contributed by atoms with Gasteiger partial charge in [-0.25, -0.2) is 4.98 Å². The van der Waals surface area contributed by atoms with Crippen molar-refractivity contribution in [2.45, 2.75) is 12.5 Å². The highest BCUT2D eigenvalue weighted by atomic mass is 15.3. The Labute approximate surface area is 94.3 Å². The lowest BCUT2D eigenvalue weighted by Crippen LogP contribution is -2.30. The fourth-order valence-electron chi connectivity index (χ4n) is 2.35. The summed E-state index contributed by atoms with van der Waals surface area (Å²) in [6.07, 6.45) is 1.62. The molecule has 1 aromatic carbocycles. The van der Waals surface area contributed by atoms with Crippen molar-refractivity contribution in [3.63, 3.8) is 0 Å². The second kappa shape index (κ2) is 3.72. The maximum Gasteiger partial charge on any atom is 0.138 e. The van der Waals surface area contributed by atoms with Crippen molar-refractivity contribution in [1.29, 1.82) is 0 Å². The van der Waals surface area contributed by atoms with Gasteiger partial charge in [0.05, 0.1) is 5.92 Å². The SMILES string of the molecule is Cn1ncnc1C1CNCc2ccccc21. The third-order valence-corrected chi connectivity index (χ3v) is 3.15. The van der Waals surface area contributed by atoms with Gasteiger partial charge in [0.1, 0.15) is 12.2 Å². The van der Waals surface area contributed by atoms with E-state index in [1.54, 1.807) is 6.33 Å². The van der Waals surface area contributed by atoms with Gasteiger partial charge in [0.25, 0.3) is 0 Å². The highest BCUT2D eigenvalue weighted by Crippen LogP contribution is 2.27. The molecule has 0 saturated carbocycles. The lowest BCUT2D eigenvalue weighted by atomic mass is 9.90. The first-order valence-electron chi connectivity index (χ1n) is 5.48. The van der Waals surface area contributed by atoms with E-state index in [0.717, 1.165) is 18.9 Å². The van der Waals surface area contributed by atoms with Gasteiger partial charge >= 0.3 is 0 Å². The molecule has 0 spiro atoms. The number of aromatic nitrogens is 3. The topological polar surface area (TPSA) is 42.7 Å². The molecule has 1 aromatic heterocycles. The van der Waals surface area contributed by atoms with Gasteiger partial charge in [0.15, 0.2) is 0 Å². The van der Waals surface area contributed by atoms with Crippen molar-refractivity contribution in [1.82, 2.24) is 20.1 Å². The van der Waals surface area contributed by atoms with Crippen molar-refractivity contribution in [3.05, 3.63) is 47.5 Å². The fourth-order valence-corrected chi connectivity index (χ4v) is 2.35. The minimum Gasteiger partial charge on any atom is -0.312 e. The molecule has 0 saturated heterocycles. The molecule has 0 bridgehead atoms. The van der Waals surface area contributed by atoms with Crippen LogP contribution in [-0.2, 0) is 13.6 Å². The van der Waals surface area contributed by atoms with E-state index in [1.165, 1.54) is 11.1 Å². The van der Waals surface area contributed by atoms with Crippen molar-refractivity contribution in [3.8, 4) is 0 Å². The smallest absolute Gasteiger partial charge is 0.138 e. The van der Waals surface area contributed by atoms with Crippen LogP contribution >= 0.6 is 0 Å². The Balaban J connectivity index is 2.08. The Bertz CT molecular complexity index is 503. The summed E-state index contributed by atoms with van der Waals surface area (Å²) >= 11 is 0.